The molecule has 0 radical (unpaired) electrons. The summed E-state index contributed by atoms with van der Waals surface area (Å²) in [5, 5.41) is 0.754. The highest BCUT2D eigenvalue weighted by Crippen LogP contribution is 2.23. The van der Waals surface area contributed by atoms with Gasteiger partial charge in [0, 0.05) is 4.47 Å². The second kappa shape index (κ2) is 2.46. The molecule has 0 aliphatic heterocycles. The van der Waals surface area contributed by atoms with E-state index in [1.807, 2.05) is 18.2 Å². The molecule has 0 bridgehead atoms. The SMILES string of the molecule is O=c1[nH]sc2c(Br)cccc12. The highest BCUT2D eigenvalue weighted by atomic mass is 79.9. The number of halogens is 1. The second-order valence-electron chi connectivity index (χ2n) is 2.15. The Morgan fingerprint density at radius 1 is 1.45 bits per heavy atom. The van der Waals surface area contributed by atoms with Crippen molar-refractivity contribution in [3.63, 3.8) is 0 Å². The molecule has 4 heteroatoms. The van der Waals surface area contributed by atoms with E-state index in [9.17, 15) is 4.79 Å². The Labute approximate surface area is 75.1 Å². The summed E-state index contributed by atoms with van der Waals surface area (Å²) in [6.45, 7) is 0. The number of aromatic amines is 1. The summed E-state index contributed by atoms with van der Waals surface area (Å²) in [4.78, 5) is 11.1. The zero-order valence-electron chi connectivity index (χ0n) is 5.43. The third-order valence-electron chi connectivity index (χ3n) is 1.46. The van der Waals surface area contributed by atoms with Crippen LogP contribution < -0.4 is 5.56 Å². The minimum atomic E-state index is -0.00806. The molecule has 0 fully saturated rings. The van der Waals surface area contributed by atoms with E-state index >= 15 is 0 Å². The standard InChI is InChI=1S/C7H4BrNOS/c8-5-3-1-2-4-6(5)11-9-7(4)10/h1-3H,(H,9,10). The lowest BCUT2D eigenvalue weighted by atomic mass is 10.3. The van der Waals surface area contributed by atoms with Crippen molar-refractivity contribution in [1.82, 2.24) is 4.37 Å². The molecule has 0 spiro atoms. The van der Waals surface area contributed by atoms with E-state index in [-0.39, 0.29) is 5.56 Å². The highest BCUT2D eigenvalue weighted by molar-refractivity contribution is 9.10. The molecule has 1 N–H and O–H groups in total. The van der Waals surface area contributed by atoms with Gasteiger partial charge in [0.05, 0.1) is 10.1 Å². The van der Waals surface area contributed by atoms with Gasteiger partial charge in [0.1, 0.15) is 0 Å². The predicted octanol–water partition coefficient (Wildman–Crippen LogP) is 2.35. The van der Waals surface area contributed by atoms with Crippen molar-refractivity contribution in [2.45, 2.75) is 0 Å². The third kappa shape index (κ3) is 1.02. The van der Waals surface area contributed by atoms with Crippen LogP contribution in [0, 0.1) is 0 Å². The van der Waals surface area contributed by atoms with E-state index in [0.29, 0.717) is 0 Å². The van der Waals surface area contributed by atoms with Crippen LogP contribution in [0.25, 0.3) is 10.1 Å². The first-order valence-corrected chi connectivity index (χ1v) is 4.65. The maximum Gasteiger partial charge on any atom is 0.265 e. The van der Waals surface area contributed by atoms with Gasteiger partial charge in [-0.05, 0) is 28.1 Å². The summed E-state index contributed by atoms with van der Waals surface area (Å²) in [7, 11) is 0. The maximum atomic E-state index is 11.1. The number of H-pyrrole nitrogens is 1. The van der Waals surface area contributed by atoms with Crippen LogP contribution in [0.1, 0.15) is 0 Å². The zero-order chi connectivity index (χ0) is 7.84. The molecule has 0 amide bonds. The fourth-order valence-corrected chi connectivity index (χ4v) is 2.29. The average molecular weight is 230 g/mol. The molecule has 0 aliphatic rings. The quantitative estimate of drug-likeness (QED) is 0.740. The molecule has 11 heavy (non-hydrogen) atoms. The molecule has 1 heterocycles. The fourth-order valence-electron chi connectivity index (χ4n) is 0.944. The first kappa shape index (κ1) is 7.06. The van der Waals surface area contributed by atoms with E-state index in [4.69, 9.17) is 0 Å². The summed E-state index contributed by atoms with van der Waals surface area (Å²) >= 11 is 4.72. The van der Waals surface area contributed by atoms with Crippen LogP contribution in [0.15, 0.2) is 27.5 Å². The van der Waals surface area contributed by atoms with Crippen LogP contribution in [0.4, 0.5) is 0 Å². The minimum Gasteiger partial charge on any atom is -0.277 e. The van der Waals surface area contributed by atoms with Crippen LogP contribution in [0.3, 0.4) is 0 Å². The molecule has 56 valence electrons. The fraction of sp³-hybridized carbons (Fsp3) is 0. The molecule has 0 unspecified atom stereocenters. The molecule has 0 aliphatic carbocycles. The molecular formula is C7H4BrNOS. The molecular weight excluding hydrogens is 226 g/mol. The van der Waals surface area contributed by atoms with Gasteiger partial charge in [-0.25, -0.2) is 0 Å². The van der Waals surface area contributed by atoms with Crippen molar-refractivity contribution in [1.29, 1.82) is 0 Å². The van der Waals surface area contributed by atoms with Gasteiger partial charge < -0.3 is 0 Å². The summed E-state index contributed by atoms with van der Waals surface area (Å²) in [5.74, 6) is 0. The summed E-state index contributed by atoms with van der Waals surface area (Å²) in [5.41, 5.74) is -0.00806. The van der Waals surface area contributed by atoms with E-state index in [1.54, 1.807) is 0 Å². The van der Waals surface area contributed by atoms with Gasteiger partial charge in [0.25, 0.3) is 5.56 Å². The van der Waals surface area contributed by atoms with E-state index < -0.39 is 0 Å². The Balaban J connectivity index is 3.06. The topological polar surface area (TPSA) is 32.9 Å². The monoisotopic (exact) mass is 229 g/mol. The van der Waals surface area contributed by atoms with Gasteiger partial charge in [-0.2, -0.15) is 0 Å². The number of fused-ring (bicyclic) bond motifs is 1. The Morgan fingerprint density at radius 2 is 2.27 bits per heavy atom. The normalized spacial score (nSPS) is 10.6. The first-order chi connectivity index (χ1) is 5.29. The number of aromatic nitrogens is 1. The number of nitrogens with one attached hydrogen (secondary N) is 1. The van der Waals surface area contributed by atoms with Gasteiger partial charge >= 0.3 is 0 Å². The first-order valence-electron chi connectivity index (χ1n) is 3.05. The van der Waals surface area contributed by atoms with Gasteiger partial charge in [-0.15, -0.1) is 0 Å². The molecule has 0 saturated heterocycles. The predicted molar refractivity (Wildman–Crippen MR) is 50.1 cm³/mol. The molecule has 2 rings (SSSR count). The minimum absolute atomic E-state index is 0.00806. The van der Waals surface area contributed by atoms with Crippen molar-refractivity contribution in [3.8, 4) is 0 Å². The molecule has 2 nitrogen and oxygen atoms in total. The van der Waals surface area contributed by atoms with Crippen LogP contribution in [-0.2, 0) is 0 Å². The van der Waals surface area contributed by atoms with Crippen molar-refractivity contribution in [2.75, 3.05) is 0 Å². The number of rotatable bonds is 0. The lowest BCUT2D eigenvalue weighted by Gasteiger charge is -1.87. The van der Waals surface area contributed by atoms with E-state index in [1.165, 1.54) is 11.5 Å². The van der Waals surface area contributed by atoms with Gasteiger partial charge in [-0.1, -0.05) is 17.6 Å². The molecule has 0 saturated carbocycles. The van der Waals surface area contributed by atoms with Gasteiger partial charge in [0.2, 0.25) is 0 Å². The maximum absolute atomic E-state index is 11.1. The van der Waals surface area contributed by atoms with Crippen molar-refractivity contribution in [2.24, 2.45) is 0 Å². The Hall–Kier alpha value is -0.610. The Morgan fingerprint density at radius 3 is 3.00 bits per heavy atom. The summed E-state index contributed by atoms with van der Waals surface area (Å²) in [6, 6.07) is 5.59. The van der Waals surface area contributed by atoms with Crippen LogP contribution in [0.5, 0.6) is 0 Å². The lowest BCUT2D eigenvalue weighted by Crippen LogP contribution is -1.95. The molecule has 1 aromatic carbocycles. The van der Waals surface area contributed by atoms with Gasteiger partial charge in [-0.3, -0.25) is 9.17 Å². The van der Waals surface area contributed by atoms with E-state index in [0.717, 1.165) is 14.6 Å². The number of hydrogen-bond donors (Lipinski definition) is 1. The van der Waals surface area contributed by atoms with E-state index in [2.05, 4.69) is 20.3 Å². The lowest BCUT2D eigenvalue weighted by molar-refractivity contribution is 1.46. The third-order valence-corrected chi connectivity index (χ3v) is 3.31. The molecule has 1 aromatic heterocycles. The van der Waals surface area contributed by atoms with Crippen LogP contribution in [-0.4, -0.2) is 4.37 Å². The largest absolute Gasteiger partial charge is 0.277 e. The van der Waals surface area contributed by atoms with Crippen molar-refractivity contribution in [3.05, 3.63) is 33.0 Å². The summed E-state index contributed by atoms with van der Waals surface area (Å²) < 4.78 is 4.63. The van der Waals surface area contributed by atoms with Crippen LogP contribution >= 0.6 is 27.5 Å². The summed E-state index contributed by atoms with van der Waals surface area (Å²) in [6.07, 6.45) is 0. The average Bonchev–Trinajstić information content (AvgIpc) is 2.35. The zero-order valence-corrected chi connectivity index (χ0v) is 7.83. The Bertz CT molecular complexity index is 445. The molecule has 0 atom stereocenters. The Kier molecular flexibility index (Phi) is 1.58. The van der Waals surface area contributed by atoms with Crippen LogP contribution in [0.2, 0.25) is 0 Å². The second-order valence-corrected chi connectivity index (χ2v) is 3.82. The van der Waals surface area contributed by atoms with Crippen molar-refractivity contribution < 1.29 is 0 Å². The highest BCUT2D eigenvalue weighted by Gasteiger charge is 2.02. The number of hydrogen-bond acceptors (Lipinski definition) is 2. The smallest absolute Gasteiger partial charge is 0.265 e. The van der Waals surface area contributed by atoms with Crippen molar-refractivity contribution >= 4 is 37.5 Å². The number of benzene rings is 1. The van der Waals surface area contributed by atoms with Gasteiger partial charge in [0.15, 0.2) is 0 Å². The molecule has 2 aromatic rings.